The highest BCUT2D eigenvalue weighted by molar-refractivity contribution is 5.96. The van der Waals surface area contributed by atoms with Crippen LogP contribution in [0.4, 0.5) is 17.2 Å². The van der Waals surface area contributed by atoms with Gasteiger partial charge in [-0.25, -0.2) is 0 Å². The zero-order valence-electron chi connectivity index (χ0n) is 34.6. The number of nitrogens with zero attached hydrogens (tertiary/aromatic N) is 7. The monoisotopic (exact) mass is 795 g/mol. The number of morpholine rings is 1. The number of aromatic nitrogens is 3. The Balaban J connectivity index is 0.793. The molecule has 4 aliphatic heterocycles. The van der Waals surface area contributed by atoms with Crippen LogP contribution >= 0.6 is 0 Å². The van der Waals surface area contributed by atoms with E-state index in [1.807, 2.05) is 24.3 Å². The summed E-state index contributed by atoms with van der Waals surface area (Å²) in [6.07, 6.45) is 8.58. The molecule has 12 nitrogen and oxygen atoms in total. The van der Waals surface area contributed by atoms with Gasteiger partial charge in [0.25, 0.3) is 5.91 Å². The number of carbonyl (C=O) groups is 1. The number of hydrogen-bond acceptors (Lipinski definition) is 10. The predicted molar refractivity (Wildman–Crippen MR) is 235 cm³/mol. The third-order valence-corrected chi connectivity index (χ3v) is 13.3. The number of phenols is 1. The van der Waals surface area contributed by atoms with Crippen LogP contribution in [0, 0.1) is 26.7 Å². The Morgan fingerprint density at radius 1 is 0.898 bits per heavy atom. The van der Waals surface area contributed by atoms with Gasteiger partial charge < -0.3 is 39.7 Å². The average Bonchev–Trinajstić information content (AvgIpc) is 3.61. The number of likely N-dealkylation sites (tertiary alicyclic amines) is 2. The molecule has 59 heavy (non-hydrogen) atoms. The van der Waals surface area contributed by atoms with Crippen LogP contribution in [0.3, 0.4) is 0 Å². The summed E-state index contributed by atoms with van der Waals surface area (Å²) >= 11 is 0. The van der Waals surface area contributed by atoms with Crippen LogP contribution in [0.2, 0.25) is 0 Å². The Bertz CT molecular complexity index is 2360. The van der Waals surface area contributed by atoms with Crippen LogP contribution in [0.25, 0.3) is 22.2 Å². The number of phenolic OH excluding ortho intramolecular Hbond substituents is 1. The van der Waals surface area contributed by atoms with Crippen molar-refractivity contribution in [2.24, 2.45) is 5.92 Å². The Hall–Kier alpha value is -5.43. The molecule has 3 aromatic carbocycles. The van der Waals surface area contributed by atoms with Crippen molar-refractivity contribution in [3.63, 3.8) is 0 Å². The number of carbonyl (C=O) groups excluding carboxylic acids is 1. The van der Waals surface area contributed by atoms with Crippen LogP contribution in [0.15, 0.2) is 79.0 Å². The summed E-state index contributed by atoms with van der Waals surface area (Å²) in [4.78, 5) is 23.2. The number of nitrogen functional groups attached to an aromatic ring is 1. The molecule has 2 aromatic heterocycles. The first-order chi connectivity index (χ1) is 28.7. The molecular weight excluding hydrogens is 739 g/mol. The fourth-order valence-corrected chi connectivity index (χ4v) is 9.93. The van der Waals surface area contributed by atoms with E-state index in [1.54, 1.807) is 12.1 Å². The van der Waals surface area contributed by atoms with Crippen LogP contribution in [-0.2, 0) is 4.74 Å². The summed E-state index contributed by atoms with van der Waals surface area (Å²) in [5.74, 6) is 1.21. The molecule has 0 unspecified atom stereocenters. The Kier molecular flexibility index (Phi) is 11.0. The lowest BCUT2D eigenvalue weighted by atomic mass is 9.91. The zero-order valence-corrected chi connectivity index (χ0v) is 34.6. The third-order valence-electron chi connectivity index (χ3n) is 13.3. The number of anilines is 3. The molecule has 1 amide bonds. The van der Waals surface area contributed by atoms with Gasteiger partial charge in [-0.15, -0.1) is 10.2 Å². The minimum absolute atomic E-state index is 0.125. The molecule has 9 rings (SSSR count). The lowest BCUT2D eigenvalue weighted by molar-refractivity contribution is 0.0393. The maximum absolute atomic E-state index is 14.0. The second kappa shape index (κ2) is 16.7. The highest BCUT2D eigenvalue weighted by atomic mass is 16.5. The molecule has 0 spiro atoms. The molecule has 5 aromatic rings. The van der Waals surface area contributed by atoms with E-state index in [1.165, 1.54) is 22.3 Å². The highest BCUT2D eigenvalue weighted by Crippen LogP contribution is 2.38. The lowest BCUT2D eigenvalue weighted by Crippen LogP contribution is -2.43. The predicted octanol–water partition coefficient (Wildman–Crippen LogP) is 6.96. The van der Waals surface area contributed by atoms with Crippen LogP contribution in [0.1, 0.15) is 70.6 Å². The summed E-state index contributed by atoms with van der Waals surface area (Å²) in [6, 6.07) is 22.7. The van der Waals surface area contributed by atoms with E-state index in [0.717, 1.165) is 99.6 Å². The van der Waals surface area contributed by atoms with Gasteiger partial charge in [-0.2, -0.15) is 0 Å². The average molecular weight is 796 g/mol. The van der Waals surface area contributed by atoms with Crippen LogP contribution < -0.4 is 20.9 Å². The maximum Gasteiger partial charge on any atom is 0.254 e. The van der Waals surface area contributed by atoms with E-state index in [2.05, 4.69) is 103 Å². The summed E-state index contributed by atoms with van der Waals surface area (Å²) in [6.45, 7) is 14.9. The van der Waals surface area contributed by atoms with Gasteiger partial charge in [-0.3, -0.25) is 10.1 Å². The molecule has 6 heterocycles. The van der Waals surface area contributed by atoms with Crippen molar-refractivity contribution in [2.75, 3.05) is 81.2 Å². The molecule has 0 bridgehead atoms. The highest BCUT2D eigenvalue weighted by Gasteiger charge is 2.31. The van der Waals surface area contributed by atoms with E-state index in [-0.39, 0.29) is 17.8 Å². The summed E-state index contributed by atoms with van der Waals surface area (Å²) < 4.78 is 8.92. The molecule has 4 aliphatic rings. The number of nitrogens with two attached hydrogens (primary N) is 1. The quantitative estimate of drug-likeness (QED) is 0.152. The molecule has 0 aliphatic carbocycles. The van der Waals surface area contributed by atoms with E-state index in [4.69, 9.17) is 10.5 Å². The maximum atomic E-state index is 14.0. The van der Waals surface area contributed by atoms with Gasteiger partial charge in [0.2, 0.25) is 0 Å². The molecule has 3 fully saturated rings. The number of piperidine rings is 2. The molecule has 4 N–H and O–H groups in total. The third kappa shape index (κ3) is 7.77. The van der Waals surface area contributed by atoms with Crippen molar-refractivity contribution in [3.05, 3.63) is 107 Å². The van der Waals surface area contributed by atoms with Gasteiger partial charge in [-0.1, -0.05) is 30.3 Å². The molecule has 0 radical (unpaired) electrons. The Morgan fingerprint density at radius 2 is 1.71 bits per heavy atom. The summed E-state index contributed by atoms with van der Waals surface area (Å²) in [5, 5.41) is 23.7. The lowest BCUT2D eigenvalue weighted by Gasteiger charge is -2.38. The summed E-state index contributed by atoms with van der Waals surface area (Å²) in [7, 11) is 0. The van der Waals surface area contributed by atoms with Crippen molar-refractivity contribution in [1.82, 2.24) is 29.9 Å². The van der Waals surface area contributed by atoms with Crippen molar-refractivity contribution in [1.29, 1.82) is 0 Å². The van der Waals surface area contributed by atoms with Crippen LogP contribution in [-0.4, -0.2) is 101 Å². The minimum atomic E-state index is -0.201. The Morgan fingerprint density at radius 3 is 2.49 bits per heavy atom. The molecule has 1 atom stereocenters. The van der Waals surface area contributed by atoms with Gasteiger partial charge in [-0.05, 0) is 112 Å². The van der Waals surface area contributed by atoms with Gasteiger partial charge in [0.05, 0.1) is 35.9 Å². The number of aryl methyl sites for hydroxylation is 1. The topological polar surface area (TPSA) is 128 Å². The van der Waals surface area contributed by atoms with Crippen LogP contribution in [0.5, 0.6) is 5.75 Å². The standard InChI is InChI=1S/C47H57N9O3/c1-31-26-39-41(55-19-7-18-49-30-55)9-6-10-42(39)56(31)35-16-20-52(21-17-35)28-34-14-22-53(23-15-34)47(58)37-13-12-36(32(2)33(37)3)45-29-54(24-25-59-45)43-27-40(50-51-46(43)48)38-8-4-5-11-44(38)57/h4-13,19,26-27,34-35,45,49,57H,14-18,20-25,28-30H2,1-3H3,(H2,48,51)/t45-/m1/s1. The number of para-hydroxylation sites is 1. The van der Waals surface area contributed by atoms with Gasteiger partial charge in [0.15, 0.2) is 5.82 Å². The summed E-state index contributed by atoms with van der Waals surface area (Å²) in [5.41, 5.74) is 16.2. The first-order valence-electron chi connectivity index (χ1n) is 21.4. The second-order valence-corrected chi connectivity index (χ2v) is 16.9. The molecule has 0 saturated carbocycles. The largest absolute Gasteiger partial charge is 0.507 e. The van der Waals surface area contributed by atoms with Crippen molar-refractivity contribution in [3.8, 4) is 17.0 Å². The zero-order chi connectivity index (χ0) is 40.6. The fourth-order valence-electron chi connectivity index (χ4n) is 9.93. The number of ether oxygens (including phenoxy) is 1. The number of rotatable bonds is 8. The SMILES string of the molecule is Cc1c(C(=O)N2CCC(CN3CCC(n4c(C)cc5c(N6C=CCNC6)cccc54)CC3)CC2)ccc([C@H]2CN(c3cc(-c4ccccc4O)nnc3N)CCO2)c1C. The van der Waals surface area contributed by atoms with E-state index in [9.17, 15) is 9.90 Å². The van der Waals surface area contributed by atoms with Crippen molar-refractivity contribution >= 4 is 34.0 Å². The smallest absolute Gasteiger partial charge is 0.254 e. The number of nitrogens with one attached hydrogen (secondary N) is 1. The fraction of sp³-hybridized carbons (Fsp3) is 0.426. The van der Waals surface area contributed by atoms with E-state index < -0.39 is 0 Å². The van der Waals surface area contributed by atoms with E-state index in [0.29, 0.717) is 48.7 Å². The first-order valence-corrected chi connectivity index (χ1v) is 21.4. The number of amides is 1. The van der Waals surface area contributed by atoms with Crippen molar-refractivity contribution in [2.45, 2.75) is 58.6 Å². The molecule has 3 saturated heterocycles. The molecule has 12 heteroatoms. The number of aromatic hydroxyl groups is 1. The Labute approximate surface area is 347 Å². The number of hydrogen-bond donors (Lipinski definition) is 3. The van der Waals surface area contributed by atoms with Gasteiger partial charge in [0.1, 0.15) is 11.9 Å². The normalized spacial score (nSPS) is 19.8. The number of benzene rings is 3. The van der Waals surface area contributed by atoms with Gasteiger partial charge >= 0.3 is 0 Å². The van der Waals surface area contributed by atoms with Crippen molar-refractivity contribution < 1.29 is 14.6 Å². The first kappa shape index (κ1) is 39.1. The molecular formula is C47H57N9O3. The number of fused-ring (bicyclic) bond motifs is 1. The van der Waals surface area contributed by atoms with Gasteiger partial charge in [0, 0.05) is 86.8 Å². The second-order valence-electron chi connectivity index (χ2n) is 16.9. The minimum Gasteiger partial charge on any atom is -0.507 e. The van der Waals surface area contributed by atoms with E-state index >= 15 is 0 Å². The molecule has 308 valence electrons.